The summed E-state index contributed by atoms with van der Waals surface area (Å²) in [4.78, 5) is 4.88. The molecule has 1 aliphatic rings. The van der Waals surface area contributed by atoms with E-state index in [0.717, 1.165) is 42.0 Å². The Kier molecular flexibility index (Phi) is 3.27. The fraction of sp³-hybridized carbons (Fsp3) is 0.294. The fourth-order valence-electron chi connectivity index (χ4n) is 3.14. The van der Waals surface area contributed by atoms with E-state index in [4.69, 9.17) is 10.7 Å². The van der Waals surface area contributed by atoms with Crippen LogP contribution in [-0.4, -0.2) is 27.7 Å². The van der Waals surface area contributed by atoms with Gasteiger partial charge in [-0.15, -0.1) is 0 Å². The predicted octanol–water partition coefficient (Wildman–Crippen LogP) is 2.45. The van der Waals surface area contributed by atoms with Gasteiger partial charge in [0.2, 0.25) is 0 Å². The maximum Gasteiger partial charge on any atom is 0.165 e. The third-order valence-electron chi connectivity index (χ3n) is 4.32. The van der Waals surface area contributed by atoms with Crippen molar-refractivity contribution in [2.75, 3.05) is 18.8 Å². The number of fused-ring (bicyclic) bond motifs is 1. The van der Waals surface area contributed by atoms with Crippen LogP contribution in [0.1, 0.15) is 24.5 Å². The lowest BCUT2D eigenvalue weighted by atomic mass is 9.96. The van der Waals surface area contributed by atoms with Crippen LogP contribution in [0, 0.1) is 0 Å². The topological polar surface area (TPSA) is 68.2 Å². The molecule has 5 nitrogen and oxygen atoms in total. The Hall–Kier alpha value is -2.40. The zero-order chi connectivity index (χ0) is 14.9. The summed E-state index contributed by atoms with van der Waals surface area (Å²) < 4.78 is 1.72. The second-order valence-corrected chi connectivity index (χ2v) is 5.81. The normalized spacial score (nSPS) is 18.6. The van der Waals surface area contributed by atoms with Crippen molar-refractivity contribution >= 4 is 11.5 Å². The zero-order valence-corrected chi connectivity index (χ0v) is 12.4. The number of hydrogen-bond donors (Lipinski definition) is 2. The van der Waals surface area contributed by atoms with Crippen molar-refractivity contribution in [3.63, 3.8) is 0 Å². The van der Waals surface area contributed by atoms with Crippen LogP contribution in [0.5, 0.6) is 0 Å². The van der Waals surface area contributed by atoms with Crippen molar-refractivity contribution in [2.45, 2.75) is 18.8 Å². The molecule has 1 aliphatic heterocycles. The minimum absolute atomic E-state index is 0.430. The van der Waals surface area contributed by atoms with E-state index < -0.39 is 0 Å². The van der Waals surface area contributed by atoms with E-state index in [-0.39, 0.29) is 0 Å². The van der Waals surface area contributed by atoms with Crippen molar-refractivity contribution in [1.29, 1.82) is 0 Å². The average molecular weight is 293 g/mol. The lowest BCUT2D eigenvalue weighted by Crippen LogP contribution is -2.29. The molecule has 3 aromatic rings. The van der Waals surface area contributed by atoms with E-state index in [1.54, 1.807) is 4.52 Å². The molecule has 5 heteroatoms. The van der Waals surface area contributed by atoms with Gasteiger partial charge in [-0.3, -0.25) is 0 Å². The Bertz CT molecular complexity index is 787. The summed E-state index contributed by atoms with van der Waals surface area (Å²) in [5.74, 6) is 1.08. The van der Waals surface area contributed by atoms with Crippen molar-refractivity contribution in [1.82, 2.24) is 19.9 Å². The van der Waals surface area contributed by atoms with E-state index in [9.17, 15) is 0 Å². The van der Waals surface area contributed by atoms with Crippen LogP contribution >= 0.6 is 0 Å². The summed E-state index contributed by atoms with van der Waals surface area (Å²) in [6.07, 6.45) is 4.18. The Labute approximate surface area is 129 Å². The SMILES string of the molecule is Nc1cc([C@@H]2CCCNC2)nc2c(-c3ccccc3)cnn12. The van der Waals surface area contributed by atoms with Gasteiger partial charge in [0.25, 0.3) is 0 Å². The fourth-order valence-corrected chi connectivity index (χ4v) is 3.14. The number of hydrogen-bond acceptors (Lipinski definition) is 4. The Morgan fingerprint density at radius 3 is 2.86 bits per heavy atom. The van der Waals surface area contributed by atoms with Gasteiger partial charge < -0.3 is 11.1 Å². The monoisotopic (exact) mass is 293 g/mol. The van der Waals surface area contributed by atoms with Crippen LogP contribution in [0.2, 0.25) is 0 Å². The molecular weight excluding hydrogens is 274 g/mol. The van der Waals surface area contributed by atoms with Gasteiger partial charge in [-0.1, -0.05) is 30.3 Å². The van der Waals surface area contributed by atoms with Gasteiger partial charge in [0, 0.05) is 24.1 Å². The molecule has 2 aromatic heterocycles. The first-order valence-electron chi connectivity index (χ1n) is 7.73. The highest BCUT2D eigenvalue weighted by molar-refractivity contribution is 5.78. The van der Waals surface area contributed by atoms with E-state index in [1.165, 1.54) is 6.42 Å². The predicted molar refractivity (Wildman–Crippen MR) is 87.7 cm³/mol. The summed E-state index contributed by atoms with van der Waals surface area (Å²) >= 11 is 0. The van der Waals surface area contributed by atoms with E-state index >= 15 is 0 Å². The Morgan fingerprint density at radius 1 is 1.23 bits per heavy atom. The first-order chi connectivity index (χ1) is 10.8. The zero-order valence-electron chi connectivity index (χ0n) is 12.4. The summed E-state index contributed by atoms with van der Waals surface area (Å²) in [6, 6.07) is 12.2. The van der Waals surface area contributed by atoms with E-state index in [2.05, 4.69) is 22.5 Å². The first-order valence-corrected chi connectivity index (χ1v) is 7.73. The van der Waals surface area contributed by atoms with Crippen molar-refractivity contribution in [3.8, 4) is 11.1 Å². The maximum atomic E-state index is 6.20. The molecule has 0 radical (unpaired) electrons. The lowest BCUT2D eigenvalue weighted by Gasteiger charge is -2.22. The Balaban J connectivity index is 1.84. The van der Waals surface area contributed by atoms with Crippen LogP contribution in [0.4, 0.5) is 5.82 Å². The minimum Gasteiger partial charge on any atom is -0.384 e. The third-order valence-corrected chi connectivity index (χ3v) is 4.32. The minimum atomic E-state index is 0.430. The number of benzene rings is 1. The highest BCUT2D eigenvalue weighted by atomic mass is 15.3. The Morgan fingerprint density at radius 2 is 2.09 bits per heavy atom. The van der Waals surface area contributed by atoms with Gasteiger partial charge in [0.1, 0.15) is 5.82 Å². The number of nitrogens with one attached hydrogen (secondary N) is 1. The molecule has 0 spiro atoms. The summed E-state index contributed by atoms with van der Waals surface area (Å²) in [7, 11) is 0. The van der Waals surface area contributed by atoms with Gasteiger partial charge in [0.05, 0.1) is 11.9 Å². The number of aromatic nitrogens is 3. The molecular formula is C17H19N5. The molecule has 0 bridgehead atoms. The average Bonchev–Trinajstić information content (AvgIpc) is 3.01. The molecule has 3 heterocycles. The smallest absolute Gasteiger partial charge is 0.165 e. The number of nitrogens with two attached hydrogens (primary N) is 1. The number of nitrogen functional groups attached to an aromatic ring is 1. The molecule has 4 rings (SSSR count). The van der Waals surface area contributed by atoms with Crippen molar-refractivity contribution in [2.24, 2.45) is 0 Å². The molecule has 1 atom stereocenters. The molecule has 0 saturated carbocycles. The summed E-state index contributed by atoms with van der Waals surface area (Å²) in [5, 5.41) is 7.83. The molecule has 3 N–H and O–H groups in total. The van der Waals surface area contributed by atoms with Gasteiger partial charge in [-0.05, 0) is 24.9 Å². The molecule has 112 valence electrons. The van der Waals surface area contributed by atoms with Crippen LogP contribution in [0.25, 0.3) is 16.8 Å². The van der Waals surface area contributed by atoms with Gasteiger partial charge in [-0.2, -0.15) is 9.61 Å². The van der Waals surface area contributed by atoms with Crippen LogP contribution in [0.15, 0.2) is 42.6 Å². The van der Waals surface area contributed by atoms with Gasteiger partial charge in [0.15, 0.2) is 5.65 Å². The largest absolute Gasteiger partial charge is 0.384 e. The van der Waals surface area contributed by atoms with Crippen LogP contribution in [-0.2, 0) is 0 Å². The number of piperidine rings is 1. The number of nitrogens with zero attached hydrogens (tertiary/aromatic N) is 3. The van der Waals surface area contributed by atoms with Crippen molar-refractivity contribution in [3.05, 3.63) is 48.3 Å². The first kappa shape index (κ1) is 13.3. The quantitative estimate of drug-likeness (QED) is 0.761. The molecule has 22 heavy (non-hydrogen) atoms. The molecule has 1 saturated heterocycles. The lowest BCUT2D eigenvalue weighted by molar-refractivity contribution is 0.455. The van der Waals surface area contributed by atoms with Crippen molar-refractivity contribution < 1.29 is 0 Å². The number of rotatable bonds is 2. The molecule has 1 aromatic carbocycles. The van der Waals surface area contributed by atoms with Gasteiger partial charge >= 0.3 is 0 Å². The van der Waals surface area contributed by atoms with Crippen LogP contribution in [0.3, 0.4) is 0 Å². The van der Waals surface area contributed by atoms with Gasteiger partial charge in [-0.25, -0.2) is 4.98 Å². The summed E-state index contributed by atoms with van der Waals surface area (Å²) in [5.41, 5.74) is 10.2. The third kappa shape index (κ3) is 2.23. The molecule has 1 fully saturated rings. The highest BCUT2D eigenvalue weighted by Gasteiger charge is 2.19. The van der Waals surface area contributed by atoms with E-state index in [1.807, 2.05) is 30.5 Å². The highest BCUT2D eigenvalue weighted by Crippen LogP contribution is 2.28. The summed E-state index contributed by atoms with van der Waals surface area (Å²) in [6.45, 7) is 2.06. The second kappa shape index (κ2) is 5.42. The maximum absolute atomic E-state index is 6.20. The molecule has 0 unspecified atom stereocenters. The molecule has 0 amide bonds. The molecule has 0 aliphatic carbocycles. The number of anilines is 1. The standard InChI is InChI=1S/C17H19N5/c18-16-9-15(13-7-4-8-19-10-13)21-17-14(11-20-22(16)17)12-5-2-1-3-6-12/h1-3,5-6,9,11,13,19H,4,7-8,10,18H2/t13-/m1/s1. The second-order valence-electron chi connectivity index (χ2n) is 5.81. The van der Waals surface area contributed by atoms with Crippen LogP contribution < -0.4 is 11.1 Å². The van der Waals surface area contributed by atoms with E-state index in [0.29, 0.717) is 11.7 Å².